The summed E-state index contributed by atoms with van der Waals surface area (Å²) in [7, 11) is 0. The fourth-order valence-electron chi connectivity index (χ4n) is 4.57. The molecule has 3 N–H and O–H groups in total. The van der Waals surface area contributed by atoms with Crippen LogP contribution in [0.15, 0.2) is 35.3 Å². The van der Waals surface area contributed by atoms with Crippen molar-refractivity contribution in [3.05, 3.63) is 51.9 Å². The van der Waals surface area contributed by atoms with E-state index < -0.39 is 12.0 Å². The molecule has 4 rings (SSSR count). The zero-order valence-electron chi connectivity index (χ0n) is 20.0. The number of hydrogen-bond acceptors (Lipinski definition) is 5. The smallest absolute Gasteiger partial charge is 0.320 e. The number of nitrogens with zero attached hydrogens (tertiary/aromatic N) is 2. The Balaban J connectivity index is 1.65. The summed E-state index contributed by atoms with van der Waals surface area (Å²) in [4.78, 5) is 31.3. The Hall–Kier alpha value is -2.97. The standard InChI is InChI=1S/C26H34N4O4/c1-3-4-5-21(26(32)33)27-14-19-6-7-23-22(13-19)29-24(20-12-17(2)25(31)28-15-20)30(23)16-18-8-10-34-11-9-18/h6-7,12-13,15,18,21,27H,3-5,8-11,14,16H2,1-2H3,(H,28,31)(H,32,33)/t21-/m0/s1. The lowest BCUT2D eigenvalue weighted by atomic mass is 10.00. The fourth-order valence-corrected chi connectivity index (χ4v) is 4.57. The normalized spacial score (nSPS) is 15.6. The molecule has 2 aromatic heterocycles. The van der Waals surface area contributed by atoms with Crippen LogP contribution < -0.4 is 10.9 Å². The first-order valence-corrected chi connectivity index (χ1v) is 12.2. The Labute approximate surface area is 199 Å². The van der Waals surface area contributed by atoms with Crippen LogP contribution in [0.1, 0.15) is 50.2 Å². The average molecular weight is 467 g/mol. The van der Waals surface area contributed by atoms with Gasteiger partial charge in [-0.25, -0.2) is 4.98 Å². The van der Waals surface area contributed by atoms with Gasteiger partial charge in [-0.15, -0.1) is 0 Å². The number of aliphatic carboxylic acids is 1. The van der Waals surface area contributed by atoms with Crippen molar-refractivity contribution in [2.45, 2.75) is 65.1 Å². The predicted octanol–water partition coefficient (Wildman–Crippen LogP) is 3.86. The van der Waals surface area contributed by atoms with E-state index in [1.807, 2.05) is 18.2 Å². The first-order valence-electron chi connectivity index (χ1n) is 12.2. The van der Waals surface area contributed by atoms with E-state index in [1.54, 1.807) is 13.1 Å². The number of aromatic nitrogens is 3. The molecule has 0 amide bonds. The number of carboxylic acids is 1. The number of pyridine rings is 1. The second-order valence-corrected chi connectivity index (χ2v) is 9.24. The molecule has 0 saturated carbocycles. The lowest BCUT2D eigenvalue weighted by molar-refractivity contribution is -0.139. The van der Waals surface area contributed by atoms with Gasteiger partial charge in [-0.3, -0.25) is 9.59 Å². The largest absolute Gasteiger partial charge is 0.480 e. The zero-order chi connectivity index (χ0) is 24.1. The maximum Gasteiger partial charge on any atom is 0.320 e. The van der Waals surface area contributed by atoms with Gasteiger partial charge in [0.15, 0.2) is 0 Å². The Kier molecular flexibility index (Phi) is 7.80. The summed E-state index contributed by atoms with van der Waals surface area (Å²) in [5.74, 6) is 0.522. The van der Waals surface area contributed by atoms with Crippen molar-refractivity contribution in [2.24, 2.45) is 5.92 Å². The molecule has 1 atom stereocenters. The van der Waals surface area contributed by atoms with E-state index in [2.05, 4.69) is 27.9 Å². The molecule has 1 aliphatic rings. The summed E-state index contributed by atoms with van der Waals surface area (Å²) in [6.07, 6.45) is 6.21. The summed E-state index contributed by atoms with van der Waals surface area (Å²) in [5, 5.41) is 12.7. The molecule has 0 aliphatic carbocycles. The van der Waals surface area contributed by atoms with Crippen molar-refractivity contribution < 1.29 is 14.6 Å². The van der Waals surface area contributed by atoms with Crippen molar-refractivity contribution in [3.63, 3.8) is 0 Å². The number of H-pyrrole nitrogens is 1. The van der Waals surface area contributed by atoms with Crippen LogP contribution in [0.3, 0.4) is 0 Å². The van der Waals surface area contributed by atoms with Gasteiger partial charge in [0.25, 0.3) is 5.56 Å². The van der Waals surface area contributed by atoms with Crippen LogP contribution in [0.4, 0.5) is 0 Å². The Bertz CT molecular complexity index is 1190. The van der Waals surface area contributed by atoms with Gasteiger partial charge < -0.3 is 24.7 Å². The van der Waals surface area contributed by atoms with E-state index >= 15 is 0 Å². The van der Waals surface area contributed by atoms with Gasteiger partial charge in [0.2, 0.25) is 0 Å². The molecule has 3 heterocycles. The highest BCUT2D eigenvalue weighted by molar-refractivity contribution is 5.81. The number of imidazole rings is 1. The summed E-state index contributed by atoms with van der Waals surface area (Å²) < 4.78 is 7.79. The van der Waals surface area contributed by atoms with Crippen molar-refractivity contribution >= 4 is 17.0 Å². The molecule has 0 radical (unpaired) electrons. The highest BCUT2D eigenvalue weighted by Crippen LogP contribution is 2.28. The van der Waals surface area contributed by atoms with Crippen LogP contribution in [-0.4, -0.2) is 44.9 Å². The molecule has 1 aromatic carbocycles. The molecule has 0 spiro atoms. The molecule has 0 unspecified atom stereocenters. The number of ether oxygens (including phenoxy) is 1. The van der Waals surface area contributed by atoms with Gasteiger partial charge in [-0.2, -0.15) is 0 Å². The van der Waals surface area contributed by atoms with Gasteiger partial charge in [0.05, 0.1) is 11.0 Å². The Morgan fingerprint density at radius 3 is 2.82 bits per heavy atom. The summed E-state index contributed by atoms with van der Waals surface area (Å²) in [5.41, 5.74) is 4.33. The van der Waals surface area contributed by atoms with E-state index in [0.717, 1.165) is 73.4 Å². The predicted molar refractivity (Wildman–Crippen MR) is 132 cm³/mol. The van der Waals surface area contributed by atoms with E-state index in [1.165, 1.54) is 0 Å². The topological polar surface area (TPSA) is 109 Å². The third kappa shape index (κ3) is 5.56. The third-order valence-electron chi connectivity index (χ3n) is 6.64. The quantitative estimate of drug-likeness (QED) is 0.419. The Morgan fingerprint density at radius 1 is 1.32 bits per heavy atom. The van der Waals surface area contributed by atoms with Crippen molar-refractivity contribution in [2.75, 3.05) is 13.2 Å². The monoisotopic (exact) mass is 466 g/mol. The number of unbranched alkanes of at least 4 members (excludes halogenated alkanes) is 1. The fraction of sp³-hybridized carbons (Fsp3) is 0.500. The van der Waals surface area contributed by atoms with Crippen LogP contribution in [0, 0.1) is 12.8 Å². The van der Waals surface area contributed by atoms with Gasteiger partial charge >= 0.3 is 5.97 Å². The summed E-state index contributed by atoms with van der Waals surface area (Å²) >= 11 is 0. The summed E-state index contributed by atoms with van der Waals surface area (Å²) in [6.45, 7) is 6.73. The van der Waals surface area contributed by atoms with Gasteiger partial charge in [-0.05, 0) is 55.9 Å². The molecule has 1 saturated heterocycles. The van der Waals surface area contributed by atoms with Crippen LogP contribution >= 0.6 is 0 Å². The van der Waals surface area contributed by atoms with Crippen LogP contribution in [0.2, 0.25) is 0 Å². The van der Waals surface area contributed by atoms with Crippen molar-refractivity contribution in [3.8, 4) is 11.4 Å². The van der Waals surface area contributed by atoms with E-state index in [0.29, 0.717) is 24.4 Å². The molecule has 1 fully saturated rings. The number of hydrogen-bond donors (Lipinski definition) is 3. The molecular weight excluding hydrogens is 432 g/mol. The maximum atomic E-state index is 11.9. The molecular formula is C26H34N4O4. The number of fused-ring (bicyclic) bond motifs is 1. The number of nitrogens with one attached hydrogen (secondary N) is 2. The second kappa shape index (κ2) is 11.0. The minimum Gasteiger partial charge on any atom is -0.480 e. The molecule has 182 valence electrons. The number of aryl methyl sites for hydroxylation is 1. The highest BCUT2D eigenvalue weighted by Gasteiger charge is 2.21. The lowest BCUT2D eigenvalue weighted by Crippen LogP contribution is -2.36. The number of carbonyl (C=O) groups is 1. The third-order valence-corrected chi connectivity index (χ3v) is 6.64. The van der Waals surface area contributed by atoms with Gasteiger partial charge in [0, 0.05) is 43.6 Å². The van der Waals surface area contributed by atoms with E-state index in [-0.39, 0.29) is 5.56 Å². The number of rotatable bonds is 10. The number of aromatic amines is 1. The molecule has 8 heteroatoms. The zero-order valence-corrected chi connectivity index (χ0v) is 20.0. The van der Waals surface area contributed by atoms with Gasteiger partial charge in [0.1, 0.15) is 11.9 Å². The average Bonchev–Trinajstić information content (AvgIpc) is 3.18. The van der Waals surface area contributed by atoms with Crippen LogP contribution in [0.25, 0.3) is 22.4 Å². The van der Waals surface area contributed by atoms with Crippen molar-refractivity contribution in [1.82, 2.24) is 19.9 Å². The lowest BCUT2D eigenvalue weighted by Gasteiger charge is -2.23. The molecule has 3 aromatic rings. The maximum absolute atomic E-state index is 11.9. The molecule has 34 heavy (non-hydrogen) atoms. The first kappa shape index (κ1) is 24.2. The summed E-state index contributed by atoms with van der Waals surface area (Å²) in [6, 6.07) is 7.47. The van der Waals surface area contributed by atoms with E-state index in [4.69, 9.17) is 9.72 Å². The molecule has 1 aliphatic heterocycles. The van der Waals surface area contributed by atoms with Crippen molar-refractivity contribution in [1.29, 1.82) is 0 Å². The van der Waals surface area contributed by atoms with Crippen LogP contribution in [0.5, 0.6) is 0 Å². The van der Waals surface area contributed by atoms with Gasteiger partial charge in [-0.1, -0.05) is 25.8 Å². The minimum atomic E-state index is -0.814. The number of benzene rings is 1. The second-order valence-electron chi connectivity index (χ2n) is 9.24. The Morgan fingerprint density at radius 2 is 2.12 bits per heavy atom. The van der Waals surface area contributed by atoms with E-state index in [9.17, 15) is 14.7 Å². The highest BCUT2D eigenvalue weighted by atomic mass is 16.5. The van der Waals surface area contributed by atoms with Crippen LogP contribution in [-0.2, 0) is 22.6 Å². The number of carboxylic acid groups (broad SMARTS) is 1. The first-order chi connectivity index (χ1) is 16.5. The molecule has 8 nitrogen and oxygen atoms in total. The SMILES string of the molecule is CCCC[C@H](NCc1ccc2c(c1)nc(-c1c[nH]c(=O)c(C)c1)n2CC1CCOCC1)C(=O)O. The minimum absolute atomic E-state index is 0.0970. The molecule has 0 bridgehead atoms.